The Kier molecular flexibility index (Phi) is 4.93. The highest BCUT2D eigenvalue weighted by Crippen LogP contribution is 2.26. The summed E-state index contributed by atoms with van der Waals surface area (Å²) in [6, 6.07) is 9.32. The number of allylic oxidation sites excluding steroid dienone is 1. The summed E-state index contributed by atoms with van der Waals surface area (Å²) in [7, 11) is 0. The van der Waals surface area contributed by atoms with Crippen molar-refractivity contribution in [3.63, 3.8) is 0 Å². The number of carbonyl (C=O) groups excluding carboxylic acids is 1. The van der Waals surface area contributed by atoms with Crippen LogP contribution in [0.4, 0.5) is 0 Å². The second kappa shape index (κ2) is 7.30. The van der Waals surface area contributed by atoms with Crippen LogP contribution in [0.2, 0.25) is 0 Å². The molecule has 0 saturated carbocycles. The summed E-state index contributed by atoms with van der Waals surface area (Å²) >= 11 is 0. The van der Waals surface area contributed by atoms with Crippen molar-refractivity contribution in [2.24, 2.45) is 5.92 Å². The van der Waals surface area contributed by atoms with Crippen molar-refractivity contribution in [1.29, 1.82) is 0 Å². The third-order valence-electron chi connectivity index (χ3n) is 3.83. The van der Waals surface area contributed by atoms with Crippen LogP contribution in [0.15, 0.2) is 47.1 Å². The lowest BCUT2D eigenvalue weighted by molar-refractivity contribution is -0.117. The Morgan fingerprint density at radius 3 is 2.88 bits per heavy atom. The monoisotopic (exact) mass is 336 g/mol. The zero-order valence-electron chi connectivity index (χ0n) is 14.5. The highest BCUT2D eigenvalue weighted by atomic mass is 16.5. The lowest BCUT2D eigenvalue weighted by Gasteiger charge is -2.05. The average molecular weight is 336 g/mol. The van der Waals surface area contributed by atoms with E-state index in [1.807, 2.05) is 50.3 Å². The Morgan fingerprint density at radius 2 is 2.16 bits per heavy atom. The smallest absolute Gasteiger partial charge is 0.219 e. The van der Waals surface area contributed by atoms with Crippen LogP contribution in [0.1, 0.15) is 31.5 Å². The standard InChI is InChI=1S/C20H20N2O3/c1-13(10-14(2)23)4-5-16-6-9-20(21-12-16)24-17-7-8-18-15(3)22-25-19(18)11-17/h4-9,11-13H,10H2,1-3H3/b5-4+/t13-/m0/s1. The van der Waals surface area contributed by atoms with Crippen LogP contribution in [-0.2, 0) is 4.79 Å². The van der Waals surface area contributed by atoms with Crippen molar-refractivity contribution in [3.05, 3.63) is 53.9 Å². The van der Waals surface area contributed by atoms with Crippen LogP contribution in [0, 0.1) is 12.8 Å². The van der Waals surface area contributed by atoms with Crippen molar-refractivity contribution < 1.29 is 14.1 Å². The number of aromatic nitrogens is 2. The number of fused-ring (bicyclic) bond motifs is 1. The SMILES string of the molecule is CC(=O)C[C@@H](C)/C=C/c1ccc(Oc2ccc3c(C)noc3c2)nc1. The third kappa shape index (κ3) is 4.32. The van der Waals surface area contributed by atoms with Crippen molar-refractivity contribution in [2.45, 2.75) is 27.2 Å². The molecule has 5 heteroatoms. The van der Waals surface area contributed by atoms with Crippen molar-refractivity contribution in [2.75, 3.05) is 0 Å². The van der Waals surface area contributed by atoms with Gasteiger partial charge < -0.3 is 14.1 Å². The molecule has 128 valence electrons. The summed E-state index contributed by atoms with van der Waals surface area (Å²) in [5.41, 5.74) is 2.51. The molecule has 0 fully saturated rings. The largest absolute Gasteiger partial charge is 0.439 e. The Morgan fingerprint density at radius 1 is 1.32 bits per heavy atom. The van der Waals surface area contributed by atoms with Crippen molar-refractivity contribution >= 4 is 22.8 Å². The molecule has 25 heavy (non-hydrogen) atoms. The maximum atomic E-state index is 11.1. The Hall–Kier alpha value is -2.95. The van der Waals surface area contributed by atoms with Crippen LogP contribution < -0.4 is 4.74 Å². The maximum Gasteiger partial charge on any atom is 0.219 e. The molecule has 3 rings (SSSR count). The van der Waals surface area contributed by atoms with Crippen molar-refractivity contribution in [1.82, 2.24) is 10.1 Å². The van der Waals surface area contributed by atoms with Gasteiger partial charge in [-0.05, 0) is 43.5 Å². The van der Waals surface area contributed by atoms with E-state index in [1.54, 1.807) is 19.2 Å². The fourth-order valence-electron chi connectivity index (χ4n) is 2.58. The lowest BCUT2D eigenvalue weighted by atomic mass is 10.0. The predicted octanol–water partition coefficient (Wildman–Crippen LogP) is 4.95. The van der Waals surface area contributed by atoms with Crippen LogP contribution in [0.25, 0.3) is 17.0 Å². The Balaban J connectivity index is 1.67. The van der Waals surface area contributed by atoms with Gasteiger partial charge in [-0.2, -0.15) is 0 Å². The molecule has 3 aromatic rings. The molecule has 0 bridgehead atoms. The molecule has 0 aliphatic heterocycles. The molecule has 0 amide bonds. The molecule has 2 heterocycles. The summed E-state index contributed by atoms with van der Waals surface area (Å²) in [6.45, 7) is 5.52. The van der Waals surface area contributed by atoms with E-state index in [-0.39, 0.29) is 11.7 Å². The van der Waals surface area contributed by atoms with E-state index in [4.69, 9.17) is 9.26 Å². The van der Waals surface area contributed by atoms with Gasteiger partial charge in [0.15, 0.2) is 5.58 Å². The molecule has 0 aliphatic carbocycles. The van der Waals surface area contributed by atoms with E-state index in [0.717, 1.165) is 16.6 Å². The molecular weight excluding hydrogens is 316 g/mol. The van der Waals surface area contributed by atoms with Gasteiger partial charge in [-0.15, -0.1) is 0 Å². The summed E-state index contributed by atoms with van der Waals surface area (Å²) in [5.74, 6) is 1.56. The highest BCUT2D eigenvalue weighted by molar-refractivity contribution is 5.80. The van der Waals surface area contributed by atoms with Gasteiger partial charge in [-0.3, -0.25) is 0 Å². The number of Topliss-reactive ketones (excluding diaryl/α,β-unsaturated/α-hetero) is 1. The molecule has 0 unspecified atom stereocenters. The zero-order valence-corrected chi connectivity index (χ0v) is 14.5. The lowest BCUT2D eigenvalue weighted by Crippen LogP contribution is -1.97. The van der Waals surface area contributed by atoms with E-state index in [1.165, 1.54) is 0 Å². The van der Waals surface area contributed by atoms with Gasteiger partial charge in [0.25, 0.3) is 0 Å². The zero-order chi connectivity index (χ0) is 17.8. The molecule has 5 nitrogen and oxygen atoms in total. The molecule has 0 N–H and O–H groups in total. The van der Waals surface area contributed by atoms with Crippen LogP contribution in [0.3, 0.4) is 0 Å². The number of aryl methyl sites for hydroxylation is 1. The fourth-order valence-corrected chi connectivity index (χ4v) is 2.58. The van der Waals surface area contributed by atoms with Gasteiger partial charge in [0.2, 0.25) is 5.88 Å². The quantitative estimate of drug-likeness (QED) is 0.637. The van der Waals surface area contributed by atoms with E-state index < -0.39 is 0 Å². The van der Waals surface area contributed by atoms with E-state index in [0.29, 0.717) is 23.6 Å². The first-order chi connectivity index (χ1) is 12.0. The molecule has 0 aliphatic rings. The fraction of sp³-hybridized carbons (Fsp3) is 0.250. The number of rotatable bonds is 6. The van der Waals surface area contributed by atoms with Gasteiger partial charge in [0.1, 0.15) is 11.5 Å². The van der Waals surface area contributed by atoms with Gasteiger partial charge >= 0.3 is 0 Å². The molecule has 1 atom stereocenters. The number of ether oxygens (including phenoxy) is 1. The molecule has 0 spiro atoms. The summed E-state index contributed by atoms with van der Waals surface area (Å²) in [4.78, 5) is 15.4. The second-order valence-corrected chi connectivity index (χ2v) is 6.20. The minimum absolute atomic E-state index is 0.193. The number of hydrogen-bond donors (Lipinski definition) is 0. The topological polar surface area (TPSA) is 65.2 Å². The molecule has 0 radical (unpaired) electrons. The third-order valence-corrected chi connectivity index (χ3v) is 3.83. The van der Waals surface area contributed by atoms with Gasteiger partial charge in [0.05, 0.1) is 5.69 Å². The normalized spacial score (nSPS) is 12.6. The average Bonchev–Trinajstić information content (AvgIpc) is 2.94. The molecule has 0 saturated heterocycles. The van der Waals surface area contributed by atoms with Crippen LogP contribution in [-0.4, -0.2) is 15.9 Å². The highest BCUT2D eigenvalue weighted by Gasteiger charge is 2.07. The summed E-state index contributed by atoms with van der Waals surface area (Å²) in [6.07, 6.45) is 6.27. The van der Waals surface area contributed by atoms with E-state index in [2.05, 4.69) is 10.1 Å². The van der Waals surface area contributed by atoms with Gasteiger partial charge in [-0.25, -0.2) is 4.98 Å². The van der Waals surface area contributed by atoms with Crippen LogP contribution >= 0.6 is 0 Å². The Labute approximate surface area is 146 Å². The first-order valence-electron chi connectivity index (χ1n) is 8.19. The van der Waals surface area contributed by atoms with E-state index >= 15 is 0 Å². The van der Waals surface area contributed by atoms with Gasteiger partial charge in [0, 0.05) is 30.1 Å². The number of carbonyl (C=O) groups is 1. The second-order valence-electron chi connectivity index (χ2n) is 6.20. The number of benzene rings is 1. The summed E-state index contributed by atoms with van der Waals surface area (Å²) in [5, 5.41) is 4.91. The minimum atomic E-state index is 0.193. The first-order valence-corrected chi connectivity index (χ1v) is 8.19. The van der Waals surface area contributed by atoms with Gasteiger partial charge in [-0.1, -0.05) is 24.2 Å². The maximum absolute atomic E-state index is 11.1. The van der Waals surface area contributed by atoms with E-state index in [9.17, 15) is 4.79 Å². The molecule has 1 aromatic carbocycles. The Bertz CT molecular complexity index is 910. The number of nitrogens with zero attached hydrogens (tertiary/aromatic N) is 2. The summed E-state index contributed by atoms with van der Waals surface area (Å²) < 4.78 is 11.0. The van der Waals surface area contributed by atoms with Crippen molar-refractivity contribution in [3.8, 4) is 11.6 Å². The number of ketones is 1. The molecule has 2 aromatic heterocycles. The number of pyridine rings is 1. The predicted molar refractivity (Wildman–Crippen MR) is 96.6 cm³/mol. The number of hydrogen-bond acceptors (Lipinski definition) is 5. The first kappa shape index (κ1) is 16.9. The minimum Gasteiger partial charge on any atom is -0.439 e. The molecular formula is C20H20N2O3. The van der Waals surface area contributed by atoms with Crippen LogP contribution in [0.5, 0.6) is 11.6 Å².